The van der Waals surface area contributed by atoms with Crippen LogP contribution in [0.25, 0.3) is 0 Å². The molecular formula is C18H23N3O3S2. The van der Waals surface area contributed by atoms with E-state index in [4.69, 9.17) is 5.73 Å². The van der Waals surface area contributed by atoms with Gasteiger partial charge in [0.15, 0.2) is 0 Å². The van der Waals surface area contributed by atoms with Gasteiger partial charge in [-0.05, 0) is 42.3 Å². The Hall–Kier alpha value is -1.74. The van der Waals surface area contributed by atoms with Crippen molar-refractivity contribution in [1.29, 1.82) is 0 Å². The second kappa shape index (κ2) is 7.87. The number of rotatable bonds is 6. The minimum absolute atomic E-state index is 0.0183. The summed E-state index contributed by atoms with van der Waals surface area (Å²) in [6.07, 6.45) is 1.32. The SMILES string of the molecule is CC(N)CCNC(=O)c1sccc1S(=O)(=O)N1CCc2ccccc2C1. The smallest absolute Gasteiger partial charge is 0.262 e. The van der Waals surface area contributed by atoms with Gasteiger partial charge >= 0.3 is 0 Å². The summed E-state index contributed by atoms with van der Waals surface area (Å²) in [7, 11) is -3.72. The van der Waals surface area contributed by atoms with Crippen LogP contribution in [0.4, 0.5) is 0 Å². The second-order valence-electron chi connectivity index (χ2n) is 6.49. The minimum atomic E-state index is -3.72. The number of nitrogens with zero attached hydrogens (tertiary/aromatic N) is 1. The Morgan fingerprint density at radius 2 is 2.04 bits per heavy atom. The topological polar surface area (TPSA) is 92.5 Å². The first-order valence-electron chi connectivity index (χ1n) is 8.58. The van der Waals surface area contributed by atoms with Gasteiger partial charge in [-0.15, -0.1) is 11.3 Å². The molecule has 2 aromatic rings. The Bertz CT molecular complexity index is 891. The average molecular weight is 394 g/mol. The Morgan fingerprint density at radius 3 is 2.77 bits per heavy atom. The zero-order valence-electron chi connectivity index (χ0n) is 14.6. The highest BCUT2D eigenvalue weighted by Crippen LogP contribution is 2.29. The van der Waals surface area contributed by atoms with Crippen LogP contribution < -0.4 is 11.1 Å². The van der Waals surface area contributed by atoms with Crippen LogP contribution in [0, 0.1) is 0 Å². The summed E-state index contributed by atoms with van der Waals surface area (Å²) < 4.78 is 27.7. The monoisotopic (exact) mass is 393 g/mol. The predicted molar refractivity (Wildman–Crippen MR) is 103 cm³/mol. The fourth-order valence-electron chi connectivity index (χ4n) is 2.97. The third kappa shape index (κ3) is 3.98. The number of nitrogens with one attached hydrogen (secondary N) is 1. The van der Waals surface area contributed by atoms with Crippen molar-refractivity contribution in [1.82, 2.24) is 9.62 Å². The molecule has 0 saturated carbocycles. The summed E-state index contributed by atoms with van der Waals surface area (Å²) in [5.74, 6) is -0.364. The maximum Gasteiger partial charge on any atom is 0.262 e. The van der Waals surface area contributed by atoms with Gasteiger partial charge in [0.05, 0.1) is 0 Å². The van der Waals surface area contributed by atoms with Crippen molar-refractivity contribution >= 4 is 27.3 Å². The molecule has 3 N–H and O–H groups in total. The molecule has 1 aromatic carbocycles. The fraction of sp³-hybridized carbons (Fsp3) is 0.389. The van der Waals surface area contributed by atoms with E-state index in [1.807, 2.05) is 31.2 Å². The summed E-state index contributed by atoms with van der Waals surface area (Å²) >= 11 is 1.14. The first kappa shape index (κ1) is 19.0. The highest BCUT2D eigenvalue weighted by atomic mass is 32.2. The highest BCUT2D eigenvalue weighted by Gasteiger charge is 2.32. The van der Waals surface area contributed by atoms with Crippen molar-refractivity contribution in [3.63, 3.8) is 0 Å². The van der Waals surface area contributed by atoms with Gasteiger partial charge in [0.1, 0.15) is 9.77 Å². The Morgan fingerprint density at radius 1 is 1.31 bits per heavy atom. The average Bonchev–Trinajstić information content (AvgIpc) is 3.11. The lowest BCUT2D eigenvalue weighted by molar-refractivity contribution is 0.0953. The number of hydrogen-bond donors (Lipinski definition) is 2. The fourth-order valence-corrected chi connectivity index (χ4v) is 5.71. The summed E-state index contributed by atoms with van der Waals surface area (Å²) in [5.41, 5.74) is 7.87. The van der Waals surface area contributed by atoms with Gasteiger partial charge in [-0.25, -0.2) is 8.42 Å². The number of nitrogens with two attached hydrogens (primary N) is 1. The molecule has 6 nitrogen and oxygen atoms in total. The van der Waals surface area contributed by atoms with Crippen molar-refractivity contribution in [3.8, 4) is 0 Å². The molecule has 0 saturated heterocycles. The van der Waals surface area contributed by atoms with Crippen molar-refractivity contribution in [2.75, 3.05) is 13.1 Å². The van der Waals surface area contributed by atoms with Crippen LogP contribution in [0.2, 0.25) is 0 Å². The number of thiophene rings is 1. The highest BCUT2D eigenvalue weighted by molar-refractivity contribution is 7.89. The summed E-state index contributed by atoms with van der Waals surface area (Å²) in [4.78, 5) is 12.7. The largest absolute Gasteiger partial charge is 0.351 e. The van der Waals surface area contributed by atoms with E-state index in [1.54, 1.807) is 5.38 Å². The van der Waals surface area contributed by atoms with Gasteiger partial charge in [0.2, 0.25) is 10.0 Å². The molecule has 1 aromatic heterocycles. The van der Waals surface area contributed by atoms with Gasteiger partial charge in [0, 0.05) is 25.7 Å². The van der Waals surface area contributed by atoms with E-state index in [0.29, 0.717) is 32.5 Å². The van der Waals surface area contributed by atoms with E-state index in [2.05, 4.69) is 5.32 Å². The molecule has 1 unspecified atom stereocenters. The van der Waals surface area contributed by atoms with E-state index < -0.39 is 10.0 Å². The Balaban J connectivity index is 1.79. The summed E-state index contributed by atoms with van der Waals surface area (Å²) in [6.45, 7) is 3.04. The van der Waals surface area contributed by atoms with E-state index in [0.717, 1.165) is 16.9 Å². The van der Waals surface area contributed by atoms with Crippen LogP contribution in [0.3, 0.4) is 0 Å². The molecule has 0 bridgehead atoms. The molecule has 0 radical (unpaired) electrons. The van der Waals surface area contributed by atoms with Gasteiger partial charge in [-0.3, -0.25) is 4.79 Å². The number of fused-ring (bicyclic) bond motifs is 1. The van der Waals surface area contributed by atoms with Crippen LogP contribution >= 0.6 is 11.3 Å². The molecule has 0 spiro atoms. The van der Waals surface area contributed by atoms with Crippen molar-refractivity contribution in [2.45, 2.75) is 37.2 Å². The Labute approximate surface area is 158 Å². The van der Waals surface area contributed by atoms with Gasteiger partial charge in [-0.2, -0.15) is 4.31 Å². The molecule has 1 aliphatic heterocycles. The van der Waals surface area contributed by atoms with Crippen LogP contribution in [0.15, 0.2) is 40.6 Å². The van der Waals surface area contributed by atoms with E-state index in [9.17, 15) is 13.2 Å². The first-order chi connectivity index (χ1) is 12.4. The van der Waals surface area contributed by atoms with E-state index >= 15 is 0 Å². The lowest BCUT2D eigenvalue weighted by Gasteiger charge is -2.28. The minimum Gasteiger partial charge on any atom is -0.351 e. The molecule has 3 rings (SSSR count). The zero-order chi connectivity index (χ0) is 18.7. The molecule has 1 atom stereocenters. The van der Waals surface area contributed by atoms with Crippen LogP contribution in [0.5, 0.6) is 0 Å². The van der Waals surface area contributed by atoms with Crippen molar-refractivity contribution in [3.05, 3.63) is 51.7 Å². The molecule has 1 amide bonds. The zero-order valence-corrected chi connectivity index (χ0v) is 16.3. The molecule has 0 fully saturated rings. The number of carbonyl (C=O) groups is 1. The predicted octanol–water partition coefficient (Wildman–Crippen LogP) is 1.96. The number of benzene rings is 1. The van der Waals surface area contributed by atoms with Crippen molar-refractivity contribution < 1.29 is 13.2 Å². The molecule has 8 heteroatoms. The molecule has 0 aliphatic carbocycles. The summed E-state index contributed by atoms with van der Waals surface area (Å²) in [6, 6.07) is 9.35. The molecular weight excluding hydrogens is 370 g/mol. The van der Waals surface area contributed by atoms with Gasteiger partial charge in [-0.1, -0.05) is 24.3 Å². The summed E-state index contributed by atoms with van der Waals surface area (Å²) in [5, 5.41) is 4.40. The third-order valence-electron chi connectivity index (χ3n) is 4.43. The number of amides is 1. The van der Waals surface area contributed by atoms with Gasteiger partial charge in [0.25, 0.3) is 5.91 Å². The van der Waals surface area contributed by atoms with Crippen LogP contribution in [-0.2, 0) is 23.0 Å². The quantitative estimate of drug-likeness (QED) is 0.785. The van der Waals surface area contributed by atoms with E-state index in [-0.39, 0.29) is 21.7 Å². The van der Waals surface area contributed by atoms with Crippen molar-refractivity contribution in [2.24, 2.45) is 5.73 Å². The molecule has 1 aliphatic rings. The molecule has 2 heterocycles. The molecule has 26 heavy (non-hydrogen) atoms. The third-order valence-corrected chi connectivity index (χ3v) is 7.36. The van der Waals surface area contributed by atoms with Gasteiger partial charge < -0.3 is 11.1 Å². The molecule has 140 valence electrons. The normalized spacial score (nSPS) is 16.1. The number of sulfonamides is 1. The number of hydrogen-bond acceptors (Lipinski definition) is 5. The van der Waals surface area contributed by atoms with Crippen LogP contribution in [0.1, 0.15) is 34.1 Å². The maximum atomic E-state index is 13.1. The number of carbonyl (C=O) groups excluding carboxylic acids is 1. The second-order valence-corrected chi connectivity index (χ2v) is 9.32. The lowest BCUT2D eigenvalue weighted by Crippen LogP contribution is -2.37. The lowest BCUT2D eigenvalue weighted by atomic mass is 10.0. The first-order valence-corrected chi connectivity index (χ1v) is 10.9. The maximum absolute atomic E-state index is 13.1. The Kier molecular flexibility index (Phi) is 5.76. The van der Waals surface area contributed by atoms with Crippen LogP contribution in [-0.4, -0.2) is 37.8 Å². The standard InChI is InChI=1S/C18H23N3O3S2/c1-13(19)6-9-20-18(22)17-16(8-11-25-17)26(23,24)21-10-7-14-4-2-3-5-15(14)12-21/h2-5,8,11,13H,6-7,9-10,12,19H2,1H3,(H,20,22). The van der Waals surface area contributed by atoms with E-state index in [1.165, 1.54) is 15.9 Å².